The third-order valence-electron chi connectivity index (χ3n) is 6.72. The lowest BCUT2D eigenvalue weighted by Crippen LogP contribution is -2.20. The van der Waals surface area contributed by atoms with E-state index in [1.54, 1.807) is 4.57 Å². The smallest absolute Gasteiger partial charge is 0.264 e. The molecule has 0 atom stereocenters. The van der Waals surface area contributed by atoms with Gasteiger partial charge < -0.3 is 4.57 Å². The van der Waals surface area contributed by atoms with Crippen molar-refractivity contribution in [1.82, 2.24) is 19.1 Å². The van der Waals surface area contributed by atoms with E-state index < -0.39 is 0 Å². The van der Waals surface area contributed by atoms with E-state index in [4.69, 9.17) is 4.98 Å². The predicted octanol–water partition coefficient (Wildman–Crippen LogP) is 6.75. The van der Waals surface area contributed by atoms with Crippen molar-refractivity contribution in [3.05, 3.63) is 114 Å². The Morgan fingerprint density at radius 2 is 1.31 bits per heavy atom. The quantitative estimate of drug-likeness (QED) is 0.158. The van der Waals surface area contributed by atoms with Gasteiger partial charge in [0.25, 0.3) is 5.56 Å². The van der Waals surface area contributed by atoms with Crippen LogP contribution in [0.15, 0.2) is 113 Å². The van der Waals surface area contributed by atoms with Crippen molar-refractivity contribution in [2.75, 3.05) is 6.26 Å². The molecule has 0 spiro atoms. The summed E-state index contributed by atoms with van der Waals surface area (Å²) in [6.07, 6.45) is 3.78. The van der Waals surface area contributed by atoms with E-state index >= 15 is 0 Å². The van der Waals surface area contributed by atoms with Gasteiger partial charge in [-0.25, -0.2) is 9.97 Å². The zero-order valence-corrected chi connectivity index (χ0v) is 20.2. The Labute approximate surface area is 210 Å². The average molecular weight is 485 g/mol. The van der Waals surface area contributed by atoms with Crippen molar-refractivity contribution < 1.29 is 0 Å². The molecule has 4 aromatic carbocycles. The lowest BCUT2D eigenvalue weighted by Gasteiger charge is -2.14. The molecule has 7 aromatic rings. The fourth-order valence-electron chi connectivity index (χ4n) is 5.13. The second-order valence-electron chi connectivity index (χ2n) is 8.67. The summed E-state index contributed by atoms with van der Waals surface area (Å²) in [6.45, 7) is 0. The second kappa shape index (κ2) is 8.07. The molecule has 0 aliphatic carbocycles. The van der Waals surface area contributed by atoms with E-state index in [1.807, 2.05) is 54.9 Å². The molecule has 36 heavy (non-hydrogen) atoms. The number of hydrogen-bond donors (Lipinski definition) is 0. The Morgan fingerprint density at radius 1 is 0.639 bits per heavy atom. The van der Waals surface area contributed by atoms with Gasteiger partial charge in [-0.1, -0.05) is 66.4 Å². The number of nitrogens with zero attached hydrogens (tertiary/aromatic N) is 4. The van der Waals surface area contributed by atoms with Crippen LogP contribution in [0, 0.1) is 0 Å². The molecule has 0 unspecified atom stereocenters. The Bertz CT molecular complexity index is 1950. The molecule has 0 fully saturated rings. The molecule has 0 amide bonds. The van der Waals surface area contributed by atoms with Gasteiger partial charge in [0.1, 0.15) is 0 Å². The summed E-state index contributed by atoms with van der Waals surface area (Å²) in [4.78, 5) is 23.2. The Balaban J connectivity index is 1.60. The van der Waals surface area contributed by atoms with Gasteiger partial charge in [0, 0.05) is 38.8 Å². The zero-order chi connectivity index (χ0) is 24.2. The molecule has 5 nitrogen and oxygen atoms in total. The highest BCUT2D eigenvalue weighted by molar-refractivity contribution is 7.98. The van der Waals surface area contributed by atoms with Gasteiger partial charge >= 0.3 is 0 Å². The lowest BCUT2D eigenvalue weighted by molar-refractivity contribution is 0.946. The van der Waals surface area contributed by atoms with Crippen LogP contribution < -0.4 is 5.56 Å². The van der Waals surface area contributed by atoms with Crippen molar-refractivity contribution in [3.63, 3.8) is 0 Å². The topological polar surface area (TPSA) is 52.7 Å². The van der Waals surface area contributed by atoms with Crippen LogP contribution in [-0.4, -0.2) is 25.4 Å². The van der Waals surface area contributed by atoms with Crippen LogP contribution >= 0.6 is 11.8 Å². The van der Waals surface area contributed by atoms with E-state index in [-0.39, 0.29) is 5.56 Å². The van der Waals surface area contributed by atoms with Gasteiger partial charge in [0.2, 0.25) is 0 Å². The Morgan fingerprint density at radius 3 is 2.00 bits per heavy atom. The molecule has 3 aromatic heterocycles. The molecular formula is C30H20N4OS. The highest BCUT2D eigenvalue weighted by Crippen LogP contribution is 2.33. The number of pyridine rings is 1. The normalized spacial score (nSPS) is 11.7. The number of thioether (sulfide) groups is 1. The summed E-state index contributed by atoms with van der Waals surface area (Å²) >= 11 is 1.46. The summed E-state index contributed by atoms with van der Waals surface area (Å²) in [5, 5.41) is 5.35. The van der Waals surface area contributed by atoms with Crippen molar-refractivity contribution >= 4 is 55.4 Å². The number of fused-ring (bicyclic) bond motifs is 6. The first-order valence-electron chi connectivity index (χ1n) is 11.7. The van der Waals surface area contributed by atoms with Crippen molar-refractivity contribution in [2.45, 2.75) is 5.16 Å². The Hall–Kier alpha value is -4.42. The number of rotatable bonds is 3. The fraction of sp³-hybridized carbons (Fsp3) is 0.0333. The minimum atomic E-state index is -0.0942. The summed E-state index contributed by atoms with van der Waals surface area (Å²) in [6, 6.07) is 32.6. The maximum absolute atomic E-state index is 13.9. The van der Waals surface area contributed by atoms with Crippen LogP contribution in [0.1, 0.15) is 0 Å². The fourth-order valence-corrected chi connectivity index (χ4v) is 5.47. The zero-order valence-electron chi connectivity index (χ0n) is 19.4. The first kappa shape index (κ1) is 20.9. The molecule has 0 saturated carbocycles. The molecule has 3 heterocycles. The van der Waals surface area contributed by atoms with Crippen molar-refractivity contribution in [3.8, 4) is 11.4 Å². The summed E-state index contributed by atoms with van der Waals surface area (Å²) in [5.74, 6) is 0. The molecule has 0 N–H and O–H groups in total. The number of hydrogen-bond acceptors (Lipinski definition) is 4. The maximum atomic E-state index is 13.9. The van der Waals surface area contributed by atoms with Crippen LogP contribution in [0.4, 0.5) is 0 Å². The third-order valence-corrected chi connectivity index (χ3v) is 7.28. The van der Waals surface area contributed by atoms with E-state index in [1.165, 1.54) is 22.5 Å². The third kappa shape index (κ3) is 3.01. The number of aromatic nitrogens is 4. The molecule has 6 heteroatoms. The molecule has 0 aliphatic heterocycles. The first-order chi connectivity index (χ1) is 17.7. The standard InChI is InChI=1S/C30H20N4OS/c1-36-30-31-18-25-24-17-20(33-26-13-7-5-11-21(26)22-12-6-8-14-27(22)33)15-16-23(24)29(35)34(28(25)32-30)19-9-3-2-4-10-19/h2-18H,1H3. The SMILES string of the molecule is CSc1ncc2c3cc(-n4c5ccccc5c5ccccc54)ccc3c(=O)n(-c3ccccc3)c2n1. The first-order valence-corrected chi connectivity index (χ1v) is 12.9. The number of benzene rings is 4. The molecule has 0 saturated heterocycles. The molecule has 0 radical (unpaired) electrons. The van der Waals surface area contributed by atoms with Gasteiger partial charge in [0.05, 0.1) is 16.7 Å². The van der Waals surface area contributed by atoms with Crippen LogP contribution in [0.25, 0.3) is 55.0 Å². The maximum Gasteiger partial charge on any atom is 0.264 e. The van der Waals surface area contributed by atoms with E-state index in [9.17, 15) is 4.79 Å². The average Bonchev–Trinajstić information content (AvgIpc) is 3.28. The molecule has 0 aliphatic rings. The minimum Gasteiger partial charge on any atom is -0.309 e. The summed E-state index contributed by atoms with van der Waals surface area (Å²) in [5.41, 5.74) is 4.54. The lowest BCUT2D eigenvalue weighted by atomic mass is 10.1. The van der Waals surface area contributed by atoms with Crippen LogP contribution in [0.3, 0.4) is 0 Å². The van der Waals surface area contributed by atoms with Crippen LogP contribution in [0.5, 0.6) is 0 Å². The van der Waals surface area contributed by atoms with Crippen LogP contribution in [-0.2, 0) is 0 Å². The van der Waals surface area contributed by atoms with Gasteiger partial charge in [0.15, 0.2) is 10.8 Å². The number of para-hydroxylation sites is 3. The van der Waals surface area contributed by atoms with Gasteiger partial charge in [-0.3, -0.25) is 9.36 Å². The van der Waals surface area contributed by atoms with Crippen molar-refractivity contribution in [1.29, 1.82) is 0 Å². The van der Waals surface area contributed by atoms with E-state index in [2.05, 4.69) is 64.1 Å². The molecule has 0 bridgehead atoms. The summed E-state index contributed by atoms with van der Waals surface area (Å²) < 4.78 is 3.95. The van der Waals surface area contributed by atoms with Gasteiger partial charge in [-0.15, -0.1) is 0 Å². The molecule has 172 valence electrons. The largest absolute Gasteiger partial charge is 0.309 e. The van der Waals surface area contributed by atoms with Gasteiger partial charge in [-0.05, 0) is 48.7 Å². The Kier molecular flexibility index (Phi) is 4.69. The predicted molar refractivity (Wildman–Crippen MR) is 149 cm³/mol. The minimum absolute atomic E-state index is 0.0942. The molecular weight excluding hydrogens is 464 g/mol. The van der Waals surface area contributed by atoms with Crippen molar-refractivity contribution in [2.24, 2.45) is 0 Å². The highest BCUT2D eigenvalue weighted by Gasteiger charge is 2.17. The van der Waals surface area contributed by atoms with Crippen LogP contribution in [0.2, 0.25) is 0 Å². The summed E-state index contributed by atoms with van der Waals surface area (Å²) in [7, 11) is 0. The monoisotopic (exact) mass is 484 g/mol. The second-order valence-corrected chi connectivity index (χ2v) is 9.44. The molecule has 7 rings (SSSR count). The van der Waals surface area contributed by atoms with Gasteiger partial charge in [-0.2, -0.15) is 0 Å². The van der Waals surface area contributed by atoms with E-state index in [0.717, 1.165) is 33.2 Å². The highest BCUT2D eigenvalue weighted by atomic mass is 32.2. The van der Waals surface area contributed by atoms with E-state index in [0.29, 0.717) is 16.2 Å².